The largest absolute Gasteiger partial charge is 0.464 e. The Morgan fingerprint density at radius 3 is 2.23 bits per heavy atom. The van der Waals surface area contributed by atoms with Crippen LogP contribution < -0.4 is 4.74 Å². The van der Waals surface area contributed by atoms with Gasteiger partial charge in [-0.25, -0.2) is 0 Å². The van der Waals surface area contributed by atoms with E-state index >= 15 is 0 Å². The van der Waals surface area contributed by atoms with Crippen LogP contribution in [0, 0.1) is 0 Å². The van der Waals surface area contributed by atoms with Crippen LogP contribution in [-0.2, 0) is 0 Å². The van der Waals surface area contributed by atoms with Crippen LogP contribution in [0.1, 0.15) is 6.92 Å². The maximum atomic E-state index is 8.93. The van der Waals surface area contributed by atoms with Crippen LogP contribution in [0.2, 0.25) is 15.1 Å². The van der Waals surface area contributed by atoms with Crippen LogP contribution in [0.3, 0.4) is 0 Å². The minimum absolute atomic E-state index is 0.311. The van der Waals surface area contributed by atoms with Crippen LogP contribution in [0.5, 0.6) is 5.75 Å². The van der Waals surface area contributed by atoms with Crippen molar-refractivity contribution in [3.05, 3.63) is 27.2 Å². The van der Waals surface area contributed by atoms with Crippen LogP contribution in [0.4, 0.5) is 0 Å². The molecule has 1 aromatic carbocycles. The first kappa shape index (κ1) is 10.9. The second kappa shape index (κ2) is 4.38. The molecule has 0 spiro atoms. The van der Waals surface area contributed by atoms with Gasteiger partial charge in [-0.2, -0.15) is 0 Å². The van der Waals surface area contributed by atoms with Crippen molar-refractivity contribution in [2.24, 2.45) is 0 Å². The zero-order valence-corrected chi connectivity index (χ0v) is 8.99. The van der Waals surface area contributed by atoms with E-state index in [1.807, 2.05) is 0 Å². The third-order valence-electron chi connectivity index (χ3n) is 1.27. The molecule has 1 aromatic rings. The third kappa shape index (κ3) is 2.92. The average molecular weight is 242 g/mol. The summed E-state index contributed by atoms with van der Waals surface area (Å²) >= 11 is 17.2. The molecule has 1 N–H and O–H groups in total. The lowest BCUT2D eigenvalue weighted by Gasteiger charge is -2.10. The highest BCUT2D eigenvalue weighted by Crippen LogP contribution is 2.34. The average Bonchev–Trinajstić information content (AvgIpc) is 1.99. The lowest BCUT2D eigenvalue weighted by Crippen LogP contribution is -2.09. The molecule has 0 aromatic heterocycles. The predicted octanol–water partition coefficient (Wildman–Crippen LogP) is 3.36. The molecule has 0 aliphatic rings. The van der Waals surface area contributed by atoms with E-state index in [-0.39, 0.29) is 0 Å². The summed E-state index contributed by atoms with van der Waals surface area (Å²) in [5.41, 5.74) is 0. The van der Waals surface area contributed by atoms with E-state index in [1.54, 1.807) is 0 Å². The topological polar surface area (TPSA) is 29.5 Å². The normalized spacial score (nSPS) is 12.7. The highest BCUT2D eigenvalue weighted by atomic mass is 35.5. The zero-order chi connectivity index (χ0) is 10.0. The van der Waals surface area contributed by atoms with Gasteiger partial charge in [-0.05, 0) is 13.0 Å². The van der Waals surface area contributed by atoms with E-state index in [0.29, 0.717) is 20.8 Å². The van der Waals surface area contributed by atoms with E-state index < -0.39 is 6.29 Å². The number of halogens is 3. The molecule has 0 amide bonds. The molecule has 0 aliphatic carbocycles. The summed E-state index contributed by atoms with van der Waals surface area (Å²) in [5, 5.41) is 9.94. The van der Waals surface area contributed by atoms with Gasteiger partial charge < -0.3 is 9.84 Å². The van der Waals surface area contributed by atoms with Crippen molar-refractivity contribution in [2.75, 3.05) is 0 Å². The number of ether oxygens (including phenoxy) is 1. The van der Waals surface area contributed by atoms with E-state index in [4.69, 9.17) is 44.6 Å². The Bertz CT molecular complexity index is 313. The maximum Gasteiger partial charge on any atom is 0.194 e. The smallest absolute Gasteiger partial charge is 0.194 e. The summed E-state index contributed by atoms with van der Waals surface area (Å²) in [6.45, 7) is 1.47. The number of benzene rings is 1. The Morgan fingerprint density at radius 2 is 1.69 bits per heavy atom. The first-order valence-electron chi connectivity index (χ1n) is 3.50. The molecule has 0 bridgehead atoms. The quantitative estimate of drug-likeness (QED) is 0.635. The summed E-state index contributed by atoms with van der Waals surface area (Å²) in [7, 11) is 0. The molecule has 0 radical (unpaired) electrons. The Kier molecular flexibility index (Phi) is 3.68. The van der Waals surface area contributed by atoms with Gasteiger partial charge in [0.25, 0.3) is 0 Å². The van der Waals surface area contributed by atoms with Crippen LogP contribution in [0.25, 0.3) is 0 Å². The van der Waals surface area contributed by atoms with Crippen molar-refractivity contribution in [3.63, 3.8) is 0 Å². The molecule has 72 valence electrons. The van der Waals surface area contributed by atoms with Gasteiger partial charge in [-0.1, -0.05) is 34.8 Å². The molecule has 0 fully saturated rings. The van der Waals surface area contributed by atoms with Crippen molar-refractivity contribution in [2.45, 2.75) is 13.2 Å². The monoisotopic (exact) mass is 240 g/mol. The van der Waals surface area contributed by atoms with Gasteiger partial charge in [0, 0.05) is 6.07 Å². The van der Waals surface area contributed by atoms with E-state index in [1.165, 1.54) is 19.1 Å². The molecule has 0 aliphatic heterocycles. The first-order valence-corrected chi connectivity index (χ1v) is 4.63. The molecular weight excluding hydrogens is 234 g/mol. The highest BCUT2D eigenvalue weighted by molar-refractivity contribution is 6.43. The van der Waals surface area contributed by atoms with Crippen molar-refractivity contribution >= 4 is 34.8 Å². The lowest BCUT2D eigenvalue weighted by atomic mass is 10.3. The van der Waals surface area contributed by atoms with Gasteiger partial charge in [-0.3, -0.25) is 0 Å². The second-order valence-electron chi connectivity index (χ2n) is 2.41. The van der Waals surface area contributed by atoms with Gasteiger partial charge in [0.2, 0.25) is 0 Å². The van der Waals surface area contributed by atoms with Crippen LogP contribution in [-0.4, -0.2) is 11.4 Å². The van der Waals surface area contributed by atoms with Crippen LogP contribution >= 0.6 is 34.8 Å². The van der Waals surface area contributed by atoms with Crippen molar-refractivity contribution in [1.82, 2.24) is 0 Å². The summed E-state index contributed by atoms with van der Waals surface area (Å²) < 4.78 is 4.96. The van der Waals surface area contributed by atoms with Gasteiger partial charge >= 0.3 is 0 Å². The summed E-state index contributed by atoms with van der Waals surface area (Å²) in [5.74, 6) is 0.311. The molecule has 1 atom stereocenters. The molecule has 2 nitrogen and oxygen atoms in total. The number of hydrogen-bond donors (Lipinski definition) is 1. The molecule has 0 heterocycles. The molecular formula is C8H7Cl3O2. The highest BCUT2D eigenvalue weighted by Gasteiger charge is 2.08. The standard InChI is InChI=1S/C8H7Cl3O2/c1-4(12)13-8-3-6(10)5(9)2-7(8)11/h2-4,12H,1H3. The van der Waals surface area contributed by atoms with Crippen molar-refractivity contribution < 1.29 is 9.84 Å². The Hall–Kier alpha value is -0.150. The SMILES string of the molecule is CC(O)Oc1cc(Cl)c(Cl)cc1Cl. The summed E-state index contributed by atoms with van der Waals surface area (Å²) in [6.07, 6.45) is -0.935. The molecule has 0 saturated carbocycles. The molecule has 5 heteroatoms. The fraction of sp³-hybridized carbons (Fsp3) is 0.250. The van der Waals surface area contributed by atoms with E-state index in [2.05, 4.69) is 0 Å². The fourth-order valence-corrected chi connectivity index (χ4v) is 1.36. The molecule has 0 saturated heterocycles. The van der Waals surface area contributed by atoms with Crippen molar-refractivity contribution in [1.29, 1.82) is 0 Å². The zero-order valence-electron chi connectivity index (χ0n) is 6.72. The number of hydrogen-bond acceptors (Lipinski definition) is 2. The minimum Gasteiger partial charge on any atom is -0.464 e. The van der Waals surface area contributed by atoms with Gasteiger partial charge in [0.05, 0.1) is 15.1 Å². The first-order chi connectivity index (χ1) is 6.00. The minimum atomic E-state index is -0.935. The Morgan fingerprint density at radius 1 is 1.15 bits per heavy atom. The molecule has 1 unspecified atom stereocenters. The molecule has 13 heavy (non-hydrogen) atoms. The summed E-state index contributed by atoms with van der Waals surface area (Å²) in [4.78, 5) is 0. The predicted molar refractivity (Wildman–Crippen MR) is 53.8 cm³/mol. The number of aliphatic hydroxyl groups excluding tert-OH is 1. The van der Waals surface area contributed by atoms with E-state index in [0.717, 1.165) is 0 Å². The van der Waals surface area contributed by atoms with Gasteiger partial charge in [0.15, 0.2) is 6.29 Å². The Balaban J connectivity index is 3.01. The van der Waals surface area contributed by atoms with E-state index in [9.17, 15) is 0 Å². The molecule has 1 rings (SSSR count). The van der Waals surface area contributed by atoms with Crippen molar-refractivity contribution in [3.8, 4) is 5.75 Å². The number of aliphatic hydroxyl groups is 1. The van der Waals surface area contributed by atoms with Crippen LogP contribution in [0.15, 0.2) is 12.1 Å². The number of rotatable bonds is 2. The maximum absolute atomic E-state index is 8.93. The lowest BCUT2D eigenvalue weighted by molar-refractivity contribution is -0.000211. The van der Waals surface area contributed by atoms with Gasteiger partial charge in [-0.15, -0.1) is 0 Å². The van der Waals surface area contributed by atoms with Gasteiger partial charge in [0.1, 0.15) is 5.75 Å². The Labute approximate surface area is 91.0 Å². The fourth-order valence-electron chi connectivity index (χ4n) is 0.778. The summed E-state index contributed by atoms with van der Waals surface area (Å²) in [6, 6.07) is 2.92. The third-order valence-corrected chi connectivity index (χ3v) is 2.29. The second-order valence-corrected chi connectivity index (χ2v) is 3.64.